The number of ether oxygens (including phenoxy) is 1. The fourth-order valence-electron chi connectivity index (χ4n) is 1.14. The van der Waals surface area contributed by atoms with Crippen molar-refractivity contribution in [2.75, 3.05) is 32.6 Å². The van der Waals surface area contributed by atoms with Crippen molar-refractivity contribution in [1.29, 1.82) is 0 Å². The maximum absolute atomic E-state index is 6.04. The highest BCUT2D eigenvalue weighted by atomic mass is 35.5. The van der Waals surface area contributed by atoms with Gasteiger partial charge in [-0.05, 0) is 13.1 Å². The molecular formula is C10H14Cl2N2O. The summed E-state index contributed by atoms with van der Waals surface area (Å²) in [5.74, 6) is 0.584. The van der Waals surface area contributed by atoms with Gasteiger partial charge in [-0.2, -0.15) is 0 Å². The van der Waals surface area contributed by atoms with Crippen molar-refractivity contribution in [3.63, 3.8) is 0 Å². The zero-order chi connectivity index (χ0) is 11.3. The fraction of sp³-hybridized carbons (Fsp3) is 0.400. The normalized spacial score (nSPS) is 10.1. The molecule has 1 aromatic carbocycles. The van der Waals surface area contributed by atoms with E-state index in [0.29, 0.717) is 15.8 Å². The second-order valence-corrected chi connectivity index (χ2v) is 3.81. The second-order valence-electron chi connectivity index (χ2n) is 3.00. The van der Waals surface area contributed by atoms with Crippen LogP contribution in [0.15, 0.2) is 12.1 Å². The van der Waals surface area contributed by atoms with Crippen molar-refractivity contribution in [3.8, 4) is 5.75 Å². The summed E-state index contributed by atoms with van der Waals surface area (Å²) in [6, 6.07) is 3.46. The van der Waals surface area contributed by atoms with Crippen LogP contribution in [-0.2, 0) is 0 Å². The summed E-state index contributed by atoms with van der Waals surface area (Å²) >= 11 is 12.0. The van der Waals surface area contributed by atoms with Gasteiger partial charge in [0, 0.05) is 19.2 Å². The Morgan fingerprint density at radius 1 is 1.20 bits per heavy atom. The predicted molar refractivity (Wildman–Crippen MR) is 65.4 cm³/mol. The molecule has 2 N–H and O–H groups in total. The van der Waals surface area contributed by atoms with Gasteiger partial charge in [0.15, 0.2) is 0 Å². The molecule has 5 heteroatoms. The smallest absolute Gasteiger partial charge is 0.139 e. The summed E-state index contributed by atoms with van der Waals surface area (Å²) in [6.07, 6.45) is 0. The molecule has 0 atom stereocenters. The van der Waals surface area contributed by atoms with Crippen LogP contribution in [0.3, 0.4) is 0 Å². The van der Waals surface area contributed by atoms with Gasteiger partial charge in [-0.3, -0.25) is 0 Å². The molecule has 84 valence electrons. The Morgan fingerprint density at radius 3 is 2.53 bits per heavy atom. The molecule has 1 rings (SSSR count). The third-order valence-corrected chi connectivity index (χ3v) is 2.54. The van der Waals surface area contributed by atoms with E-state index < -0.39 is 0 Å². The number of rotatable bonds is 5. The van der Waals surface area contributed by atoms with E-state index in [4.69, 9.17) is 27.9 Å². The van der Waals surface area contributed by atoms with Gasteiger partial charge in [0.1, 0.15) is 5.75 Å². The van der Waals surface area contributed by atoms with E-state index in [1.54, 1.807) is 19.2 Å². The molecule has 0 unspecified atom stereocenters. The minimum absolute atomic E-state index is 0.550. The zero-order valence-electron chi connectivity index (χ0n) is 8.73. The SMILES string of the molecule is CNCCNc1cc(Cl)c(OC)cc1Cl. The van der Waals surface area contributed by atoms with E-state index in [1.807, 2.05) is 7.05 Å². The average Bonchev–Trinajstić information content (AvgIpc) is 2.23. The van der Waals surface area contributed by atoms with Gasteiger partial charge in [-0.15, -0.1) is 0 Å². The van der Waals surface area contributed by atoms with E-state index in [9.17, 15) is 0 Å². The first-order chi connectivity index (χ1) is 7.19. The highest BCUT2D eigenvalue weighted by molar-refractivity contribution is 6.36. The van der Waals surface area contributed by atoms with E-state index in [1.165, 1.54) is 0 Å². The van der Waals surface area contributed by atoms with Gasteiger partial charge in [-0.25, -0.2) is 0 Å². The molecule has 0 aliphatic carbocycles. The van der Waals surface area contributed by atoms with E-state index in [2.05, 4.69) is 10.6 Å². The van der Waals surface area contributed by atoms with Gasteiger partial charge in [0.2, 0.25) is 0 Å². The standard InChI is InChI=1S/C10H14Cl2N2O/c1-13-3-4-14-9-5-8(12)10(15-2)6-7(9)11/h5-6,13-14H,3-4H2,1-2H3. The first-order valence-electron chi connectivity index (χ1n) is 4.60. The Hall–Kier alpha value is -0.640. The summed E-state index contributed by atoms with van der Waals surface area (Å²) in [5, 5.41) is 7.36. The fourth-order valence-corrected chi connectivity index (χ4v) is 1.60. The molecule has 0 bridgehead atoms. The van der Waals surface area contributed by atoms with Gasteiger partial charge < -0.3 is 15.4 Å². The Morgan fingerprint density at radius 2 is 1.93 bits per heavy atom. The lowest BCUT2D eigenvalue weighted by Gasteiger charge is -2.10. The van der Waals surface area contributed by atoms with Crippen LogP contribution in [0.1, 0.15) is 0 Å². The summed E-state index contributed by atoms with van der Waals surface area (Å²) in [5.41, 5.74) is 0.817. The highest BCUT2D eigenvalue weighted by Gasteiger charge is 2.06. The third-order valence-electron chi connectivity index (χ3n) is 1.93. The molecule has 0 radical (unpaired) electrons. The maximum atomic E-state index is 6.04. The number of nitrogens with one attached hydrogen (secondary N) is 2. The highest BCUT2D eigenvalue weighted by Crippen LogP contribution is 2.33. The predicted octanol–water partition coefficient (Wildman–Crippen LogP) is 2.63. The number of methoxy groups -OCH3 is 1. The summed E-state index contributed by atoms with van der Waals surface area (Å²) in [7, 11) is 3.45. The van der Waals surface area contributed by atoms with Crippen LogP contribution >= 0.6 is 23.2 Å². The molecule has 0 aliphatic heterocycles. The number of hydrogen-bond donors (Lipinski definition) is 2. The van der Waals surface area contributed by atoms with Crippen molar-refractivity contribution in [2.45, 2.75) is 0 Å². The summed E-state index contributed by atoms with van der Waals surface area (Å²) in [4.78, 5) is 0. The van der Waals surface area contributed by atoms with E-state index >= 15 is 0 Å². The first kappa shape index (κ1) is 12.4. The van der Waals surface area contributed by atoms with Crippen LogP contribution in [0.5, 0.6) is 5.75 Å². The van der Waals surface area contributed by atoms with Crippen molar-refractivity contribution in [1.82, 2.24) is 5.32 Å². The summed E-state index contributed by atoms with van der Waals surface area (Å²) in [6.45, 7) is 1.65. The first-order valence-corrected chi connectivity index (χ1v) is 5.36. The lowest BCUT2D eigenvalue weighted by Crippen LogP contribution is -2.17. The average molecular weight is 249 g/mol. The van der Waals surface area contributed by atoms with Crippen LogP contribution in [0.25, 0.3) is 0 Å². The van der Waals surface area contributed by atoms with Gasteiger partial charge >= 0.3 is 0 Å². The Kier molecular flexibility index (Phi) is 5.02. The Balaban J connectivity index is 2.76. The molecule has 0 spiro atoms. The van der Waals surface area contributed by atoms with Crippen molar-refractivity contribution in [2.24, 2.45) is 0 Å². The molecule has 0 fully saturated rings. The molecule has 0 heterocycles. The molecule has 1 aromatic rings. The van der Waals surface area contributed by atoms with Gasteiger partial charge in [0.25, 0.3) is 0 Å². The third kappa shape index (κ3) is 3.45. The molecule has 0 amide bonds. The van der Waals surface area contributed by atoms with E-state index in [-0.39, 0.29) is 0 Å². The summed E-state index contributed by atoms with van der Waals surface area (Å²) < 4.78 is 5.05. The molecule has 0 aromatic heterocycles. The molecule has 0 saturated carbocycles. The number of likely N-dealkylation sites (N-methyl/N-ethyl adjacent to an activating group) is 1. The number of hydrogen-bond acceptors (Lipinski definition) is 3. The molecular weight excluding hydrogens is 235 g/mol. The quantitative estimate of drug-likeness (QED) is 0.787. The maximum Gasteiger partial charge on any atom is 0.139 e. The van der Waals surface area contributed by atoms with Crippen molar-refractivity contribution in [3.05, 3.63) is 22.2 Å². The monoisotopic (exact) mass is 248 g/mol. The Labute approximate surface area is 99.7 Å². The molecule has 0 saturated heterocycles. The number of halogens is 2. The minimum Gasteiger partial charge on any atom is -0.495 e. The van der Waals surface area contributed by atoms with Crippen LogP contribution in [-0.4, -0.2) is 27.2 Å². The lowest BCUT2D eigenvalue weighted by molar-refractivity contribution is 0.415. The van der Waals surface area contributed by atoms with E-state index in [0.717, 1.165) is 18.8 Å². The topological polar surface area (TPSA) is 33.3 Å². The Bertz CT molecular complexity index is 331. The van der Waals surface area contributed by atoms with Crippen molar-refractivity contribution < 1.29 is 4.74 Å². The van der Waals surface area contributed by atoms with Crippen LogP contribution in [0.2, 0.25) is 10.0 Å². The molecule has 0 aliphatic rings. The van der Waals surface area contributed by atoms with Gasteiger partial charge in [0.05, 0.1) is 22.8 Å². The van der Waals surface area contributed by atoms with Crippen LogP contribution < -0.4 is 15.4 Å². The lowest BCUT2D eigenvalue weighted by atomic mass is 10.3. The molecule has 3 nitrogen and oxygen atoms in total. The second kappa shape index (κ2) is 6.05. The van der Waals surface area contributed by atoms with Gasteiger partial charge in [-0.1, -0.05) is 23.2 Å². The number of anilines is 1. The molecule has 15 heavy (non-hydrogen) atoms. The van der Waals surface area contributed by atoms with Crippen molar-refractivity contribution >= 4 is 28.9 Å². The zero-order valence-corrected chi connectivity index (χ0v) is 10.2. The number of benzene rings is 1. The largest absolute Gasteiger partial charge is 0.495 e. The van der Waals surface area contributed by atoms with Crippen LogP contribution in [0, 0.1) is 0 Å². The van der Waals surface area contributed by atoms with Crippen LogP contribution in [0.4, 0.5) is 5.69 Å². The minimum atomic E-state index is 0.550.